The molecule has 0 saturated carbocycles. The number of hydrogen-bond acceptors (Lipinski definition) is 4. The normalized spacial score (nSPS) is 16.7. The van der Waals surface area contributed by atoms with Crippen LogP contribution in [0, 0.1) is 5.82 Å². The second-order valence-corrected chi connectivity index (χ2v) is 7.63. The summed E-state index contributed by atoms with van der Waals surface area (Å²) in [6.07, 6.45) is -3.71. The third-order valence-corrected chi connectivity index (χ3v) is 6.02. The molecule has 0 N–H and O–H groups in total. The highest BCUT2D eigenvalue weighted by molar-refractivity contribution is 7.89. The van der Waals surface area contributed by atoms with Crippen LogP contribution >= 0.6 is 0 Å². The van der Waals surface area contributed by atoms with Gasteiger partial charge in [0.1, 0.15) is 16.5 Å². The van der Waals surface area contributed by atoms with E-state index in [1.165, 1.54) is 24.3 Å². The van der Waals surface area contributed by atoms with E-state index in [2.05, 4.69) is 4.98 Å². The number of anilines is 1. The van der Waals surface area contributed by atoms with E-state index in [-0.39, 0.29) is 31.1 Å². The Morgan fingerprint density at radius 2 is 1.62 bits per heavy atom. The number of nitrogens with zero attached hydrogens (tertiary/aromatic N) is 3. The maximum atomic E-state index is 13.8. The number of halogens is 4. The van der Waals surface area contributed by atoms with Gasteiger partial charge in [0.05, 0.1) is 5.56 Å². The van der Waals surface area contributed by atoms with Crippen molar-refractivity contribution >= 4 is 15.8 Å². The van der Waals surface area contributed by atoms with Crippen molar-refractivity contribution < 1.29 is 26.0 Å². The van der Waals surface area contributed by atoms with Gasteiger partial charge in [-0.3, -0.25) is 0 Å². The van der Waals surface area contributed by atoms with Crippen LogP contribution in [0.3, 0.4) is 0 Å². The highest BCUT2D eigenvalue weighted by Crippen LogP contribution is 2.29. The zero-order chi connectivity index (χ0) is 18.9. The van der Waals surface area contributed by atoms with Crippen LogP contribution in [-0.2, 0) is 16.2 Å². The van der Waals surface area contributed by atoms with Gasteiger partial charge >= 0.3 is 6.18 Å². The van der Waals surface area contributed by atoms with Crippen LogP contribution < -0.4 is 4.90 Å². The van der Waals surface area contributed by atoms with Gasteiger partial charge in [-0.25, -0.2) is 17.8 Å². The lowest BCUT2D eigenvalue weighted by Gasteiger charge is -2.34. The van der Waals surface area contributed by atoms with E-state index in [0.29, 0.717) is 5.82 Å². The van der Waals surface area contributed by atoms with Gasteiger partial charge in [0.25, 0.3) is 0 Å². The molecule has 1 fully saturated rings. The Morgan fingerprint density at radius 3 is 2.15 bits per heavy atom. The monoisotopic (exact) mass is 389 g/mol. The first kappa shape index (κ1) is 18.6. The summed E-state index contributed by atoms with van der Waals surface area (Å²) in [5, 5.41) is 0. The van der Waals surface area contributed by atoms with Gasteiger partial charge < -0.3 is 4.90 Å². The molecule has 0 atom stereocenters. The van der Waals surface area contributed by atoms with E-state index in [0.717, 1.165) is 22.6 Å². The molecule has 10 heteroatoms. The molecular weight excluding hydrogens is 374 g/mol. The van der Waals surface area contributed by atoms with E-state index in [4.69, 9.17) is 0 Å². The van der Waals surface area contributed by atoms with Crippen molar-refractivity contribution in [2.75, 3.05) is 31.1 Å². The van der Waals surface area contributed by atoms with E-state index >= 15 is 0 Å². The van der Waals surface area contributed by atoms with Crippen molar-refractivity contribution in [2.45, 2.75) is 11.1 Å². The lowest BCUT2D eigenvalue weighted by molar-refractivity contribution is -0.137. The first-order valence-corrected chi connectivity index (χ1v) is 9.16. The van der Waals surface area contributed by atoms with Gasteiger partial charge in [0.15, 0.2) is 0 Å². The number of benzene rings is 1. The molecule has 1 aliphatic rings. The zero-order valence-corrected chi connectivity index (χ0v) is 14.3. The molecule has 0 bridgehead atoms. The number of pyridine rings is 1. The van der Waals surface area contributed by atoms with Gasteiger partial charge in [-0.2, -0.15) is 17.5 Å². The number of alkyl halides is 3. The zero-order valence-electron chi connectivity index (χ0n) is 13.4. The minimum atomic E-state index is -4.46. The highest BCUT2D eigenvalue weighted by atomic mass is 32.2. The third-order valence-electron chi connectivity index (χ3n) is 4.09. The predicted molar refractivity (Wildman–Crippen MR) is 86.6 cm³/mol. The smallest absolute Gasteiger partial charge is 0.354 e. The standard InChI is InChI=1S/C16H15F4N3O2S/c17-13-3-1-2-4-14(13)26(24,25)23-9-7-22(8-10-23)15-6-5-12(11-21-15)16(18,19)20/h1-6,11H,7-10H2. The predicted octanol–water partition coefficient (Wildman–Crippen LogP) is 2.75. The molecule has 140 valence electrons. The molecule has 5 nitrogen and oxygen atoms in total. The molecule has 0 unspecified atom stereocenters. The van der Waals surface area contributed by atoms with Crippen LogP contribution in [-0.4, -0.2) is 43.9 Å². The molecule has 2 aromatic rings. The molecule has 0 amide bonds. The summed E-state index contributed by atoms with van der Waals surface area (Å²) in [6.45, 7) is 0.650. The maximum Gasteiger partial charge on any atom is 0.417 e. The van der Waals surface area contributed by atoms with Gasteiger partial charge in [-0.15, -0.1) is 0 Å². The molecule has 1 aromatic heterocycles. The maximum absolute atomic E-state index is 13.8. The van der Waals surface area contributed by atoms with Crippen molar-refractivity contribution in [3.63, 3.8) is 0 Å². The lowest BCUT2D eigenvalue weighted by atomic mass is 10.2. The fourth-order valence-corrected chi connectivity index (χ4v) is 4.18. The first-order chi connectivity index (χ1) is 12.2. The highest BCUT2D eigenvalue weighted by Gasteiger charge is 2.32. The Hall–Kier alpha value is -2.20. The SMILES string of the molecule is O=S(=O)(c1ccccc1F)N1CCN(c2ccc(C(F)(F)F)cn2)CC1. The minimum Gasteiger partial charge on any atom is -0.354 e. The summed E-state index contributed by atoms with van der Waals surface area (Å²) >= 11 is 0. The number of aromatic nitrogens is 1. The Kier molecular flexibility index (Phi) is 4.89. The Labute approximate surface area is 147 Å². The molecule has 0 radical (unpaired) electrons. The van der Waals surface area contributed by atoms with Crippen LogP contribution in [0.5, 0.6) is 0 Å². The Balaban J connectivity index is 1.70. The van der Waals surface area contributed by atoms with Crippen molar-refractivity contribution in [2.24, 2.45) is 0 Å². The van der Waals surface area contributed by atoms with Crippen LogP contribution in [0.4, 0.5) is 23.4 Å². The summed E-state index contributed by atoms with van der Waals surface area (Å²) in [7, 11) is -3.96. The van der Waals surface area contributed by atoms with Crippen LogP contribution in [0.15, 0.2) is 47.5 Å². The minimum absolute atomic E-state index is 0.0827. The molecule has 3 rings (SSSR count). The average Bonchev–Trinajstić information content (AvgIpc) is 2.61. The number of rotatable bonds is 3. The topological polar surface area (TPSA) is 53.5 Å². The fourth-order valence-electron chi connectivity index (χ4n) is 2.69. The van der Waals surface area contributed by atoms with Crippen LogP contribution in [0.25, 0.3) is 0 Å². The summed E-state index contributed by atoms with van der Waals surface area (Å²) in [4.78, 5) is 5.11. The largest absolute Gasteiger partial charge is 0.417 e. The van der Waals surface area contributed by atoms with Gasteiger partial charge in [-0.1, -0.05) is 12.1 Å². The Morgan fingerprint density at radius 1 is 0.962 bits per heavy atom. The molecule has 2 heterocycles. The Bertz CT molecular complexity index is 877. The van der Waals surface area contributed by atoms with Crippen LogP contribution in [0.2, 0.25) is 0 Å². The van der Waals surface area contributed by atoms with Crippen molar-refractivity contribution in [1.82, 2.24) is 9.29 Å². The quantitative estimate of drug-likeness (QED) is 0.758. The van der Waals surface area contributed by atoms with Crippen LogP contribution in [0.1, 0.15) is 5.56 Å². The molecule has 0 spiro atoms. The summed E-state index contributed by atoms with van der Waals surface area (Å²) in [5.74, 6) is -0.486. The first-order valence-electron chi connectivity index (χ1n) is 7.72. The summed E-state index contributed by atoms with van der Waals surface area (Å²) in [6, 6.07) is 7.32. The van der Waals surface area contributed by atoms with Crippen molar-refractivity contribution in [1.29, 1.82) is 0 Å². The van der Waals surface area contributed by atoms with E-state index in [9.17, 15) is 26.0 Å². The average molecular weight is 389 g/mol. The lowest BCUT2D eigenvalue weighted by Crippen LogP contribution is -2.49. The number of piperazine rings is 1. The van der Waals surface area contributed by atoms with E-state index < -0.39 is 27.6 Å². The molecule has 1 saturated heterocycles. The number of sulfonamides is 1. The fraction of sp³-hybridized carbons (Fsp3) is 0.312. The summed E-state index contributed by atoms with van der Waals surface area (Å²) < 4.78 is 77.8. The van der Waals surface area contributed by atoms with Crippen molar-refractivity contribution in [3.8, 4) is 0 Å². The molecule has 26 heavy (non-hydrogen) atoms. The van der Waals surface area contributed by atoms with E-state index in [1.54, 1.807) is 4.90 Å². The second kappa shape index (κ2) is 6.84. The third kappa shape index (κ3) is 3.65. The van der Waals surface area contributed by atoms with Gasteiger partial charge in [0, 0.05) is 32.4 Å². The second-order valence-electron chi connectivity index (χ2n) is 5.72. The molecule has 1 aliphatic heterocycles. The van der Waals surface area contributed by atoms with Crippen molar-refractivity contribution in [3.05, 3.63) is 54.0 Å². The van der Waals surface area contributed by atoms with Gasteiger partial charge in [0.2, 0.25) is 10.0 Å². The molecular formula is C16H15F4N3O2S. The number of hydrogen-bond donors (Lipinski definition) is 0. The van der Waals surface area contributed by atoms with E-state index in [1.807, 2.05) is 0 Å². The van der Waals surface area contributed by atoms with Gasteiger partial charge in [-0.05, 0) is 24.3 Å². The molecule has 0 aliphatic carbocycles. The summed E-state index contributed by atoms with van der Waals surface area (Å²) in [5.41, 5.74) is -0.845. The molecule has 1 aromatic carbocycles.